The van der Waals surface area contributed by atoms with E-state index in [0.717, 1.165) is 11.3 Å². The molecule has 2 rings (SSSR count). The smallest absolute Gasteiger partial charge is 0.233 e. The number of azide groups is 1. The lowest BCUT2D eigenvalue weighted by atomic mass is 10.3. The average molecular weight is 302 g/mol. The molecule has 19 heavy (non-hydrogen) atoms. The molecule has 6 nitrogen and oxygen atoms in total. The normalized spacial score (nSPS) is 11.1. The zero-order chi connectivity index (χ0) is 14.0. The molecule has 0 N–H and O–H groups in total. The molecule has 0 aliphatic rings. The monoisotopic (exact) mass is 302 g/mol. The predicted octanol–water partition coefficient (Wildman–Crippen LogP) is 3.20. The van der Waals surface area contributed by atoms with Gasteiger partial charge in [-0.1, -0.05) is 5.11 Å². The number of nitrogens with zero attached hydrogens (tertiary/aromatic N) is 4. The summed E-state index contributed by atoms with van der Waals surface area (Å²) in [4.78, 5) is 4.77. The highest BCUT2D eigenvalue weighted by molar-refractivity contribution is 7.93. The highest BCUT2D eigenvalue weighted by atomic mass is 32.2. The van der Waals surface area contributed by atoms with Crippen molar-refractivity contribution in [1.82, 2.24) is 4.98 Å². The van der Waals surface area contributed by atoms with Gasteiger partial charge < -0.3 is 0 Å². The van der Waals surface area contributed by atoms with Crippen molar-refractivity contribution in [3.8, 4) is 0 Å². The third-order valence-corrected chi connectivity index (χ3v) is 5.06. The first-order valence-electron chi connectivity index (χ1n) is 4.65. The highest BCUT2D eigenvalue weighted by Gasteiger charge is 2.28. The molecule has 0 radical (unpaired) electrons. The molecule has 0 bridgehead atoms. The standard InChI is InChI=1S/C9H4F2N4O2S2/c10-6-3-5(14-15-12)4-7(11)8(6)19(16,17)9-13-1-2-18-9/h1-4H. The van der Waals surface area contributed by atoms with Crippen molar-refractivity contribution in [2.75, 3.05) is 0 Å². The number of hydrogen-bond donors (Lipinski definition) is 0. The summed E-state index contributed by atoms with van der Waals surface area (Å²) >= 11 is 0.742. The van der Waals surface area contributed by atoms with Crippen molar-refractivity contribution < 1.29 is 17.2 Å². The second-order valence-corrected chi connectivity index (χ2v) is 6.18. The van der Waals surface area contributed by atoms with Crippen molar-refractivity contribution in [2.45, 2.75) is 9.24 Å². The Hall–Kier alpha value is -2.03. The first kappa shape index (κ1) is 13.4. The van der Waals surface area contributed by atoms with E-state index in [1.807, 2.05) is 0 Å². The van der Waals surface area contributed by atoms with Gasteiger partial charge in [-0.2, -0.15) is 0 Å². The zero-order valence-electron chi connectivity index (χ0n) is 8.99. The van der Waals surface area contributed by atoms with E-state index in [0.29, 0.717) is 12.1 Å². The maximum absolute atomic E-state index is 13.7. The molecule has 2 aromatic rings. The molecule has 0 amide bonds. The van der Waals surface area contributed by atoms with Crippen LogP contribution in [-0.2, 0) is 9.84 Å². The molecule has 1 heterocycles. The van der Waals surface area contributed by atoms with Crippen LogP contribution in [0.5, 0.6) is 0 Å². The minimum atomic E-state index is -4.37. The van der Waals surface area contributed by atoms with Crippen LogP contribution in [0.25, 0.3) is 10.4 Å². The number of hydrogen-bond acceptors (Lipinski definition) is 5. The molecule has 1 aromatic carbocycles. The van der Waals surface area contributed by atoms with E-state index in [-0.39, 0.29) is 5.69 Å². The van der Waals surface area contributed by atoms with E-state index < -0.39 is 30.7 Å². The van der Waals surface area contributed by atoms with E-state index >= 15 is 0 Å². The SMILES string of the molecule is [N-]=[N+]=Nc1cc(F)c(S(=O)(=O)c2nccs2)c(F)c1. The Morgan fingerprint density at radius 1 is 1.32 bits per heavy atom. The zero-order valence-corrected chi connectivity index (χ0v) is 10.6. The summed E-state index contributed by atoms with van der Waals surface area (Å²) in [6.07, 6.45) is 1.21. The predicted molar refractivity (Wildman–Crippen MR) is 62.7 cm³/mol. The Bertz CT molecular complexity index is 745. The Labute approximate surface area is 109 Å². The maximum atomic E-state index is 13.7. The van der Waals surface area contributed by atoms with Crippen LogP contribution in [-0.4, -0.2) is 13.4 Å². The molecule has 0 saturated heterocycles. The fraction of sp³-hybridized carbons (Fsp3) is 0. The number of benzene rings is 1. The third kappa shape index (κ3) is 2.41. The third-order valence-electron chi connectivity index (χ3n) is 2.05. The van der Waals surface area contributed by atoms with E-state index in [9.17, 15) is 17.2 Å². The van der Waals surface area contributed by atoms with Crippen LogP contribution in [0.2, 0.25) is 0 Å². The molecule has 0 aliphatic carbocycles. The summed E-state index contributed by atoms with van der Waals surface area (Å²) in [6, 6.07) is 1.28. The van der Waals surface area contributed by atoms with Crippen molar-refractivity contribution in [2.24, 2.45) is 5.11 Å². The lowest BCUT2D eigenvalue weighted by molar-refractivity contribution is 0.519. The first-order chi connectivity index (χ1) is 8.96. The van der Waals surface area contributed by atoms with Crippen LogP contribution < -0.4 is 0 Å². The van der Waals surface area contributed by atoms with Gasteiger partial charge in [0.2, 0.25) is 14.2 Å². The Morgan fingerprint density at radius 3 is 2.42 bits per heavy atom. The minimum Gasteiger partial charge on any atom is -0.233 e. The maximum Gasteiger partial charge on any atom is 0.239 e. The number of aromatic nitrogens is 1. The molecular weight excluding hydrogens is 298 g/mol. The minimum absolute atomic E-state index is 0.351. The number of sulfone groups is 1. The number of thiazole rings is 1. The number of halogens is 2. The Morgan fingerprint density at radius 2 is 1.95 bits per heavy atom. The molecular formula is C9H4F2N4O2S2. The van der Waals surface area contributed by atoms with Crippen LogP contribution in [0.15, 0.2) is 38.1 Å². The van der Waals surface area contributed by atoms with Gasteiger partial charge in [0, 0.05) is 22.2 Å². The van der Waals surface area contributed by atoms with E-state index in [2.05, 4.69) is 15.0 Å². The van der Waals surface area contributed by atoms with Crippen molar-refractivity contribution in [1.29, 1.82) is 0 Å². The molecule has 10 heteroatoms. The molecule has 98 valence electrons. The van der Waals surface area contributed by atoms with Gasteiger partial charge in [-0.25, -0.2) is 22.2 Å². The molecule has 0 atom stereocenters. The van der Waals surface area contributed by atoms with Crippen molar-refractivity contribution in [3.05, 3.63) is 45.8 Å². The molecule has 0 spiro atoms. The van der Waals surface area contributed by atoms with Crippen LogP contribution >= 0.6 is 11.3 Å². The Balaban J connectivity index is 2.68. The molecule has 0 aliphatic heterocycles. The van der Waals surface area contributed by atoms with E-state index in [1.165, 1.54) is 11.6 Å². The fourth-order valence-corrected chi connectivity index (χ4v) is 3.63. The summed E-state index contributed by atoms with van der Waals surface area (Å²) in [6.45, 7) is 0. The summed E-state index contributed by atoms with van der Waals surface area (Å²) < 4.78 is 50.9. The second-order valence-electron chi connectivity index (χ2n) is 3.23. The van der Waals surface area contributed by atoms with Gasteiger partial charge in [0.15, 0.2) is 0 Å². The van der Waals surface area contributed by atoms with Crippen molar-refractivity contribution in [3.63, 3.8) is 0 Å². The quantitative estimate of drug-likeness (QED) is 0.494. The van der Waals surface area contributed by atoms with Crippen LogP contribution in [0.3, 0.4) is 0 Å². The lowest BCUT2D eigenvalue weighted by Crippen LogP contribution is -2.07. The van der Waals surface area contributed by atoms with Crippen LogP contribution in [0.1, 0.15) is 0 Å². The molecule has 0 saturated carbocycles. The molecule has 0 unspecified atom stereocenters. The van der Waals surface area contributed by atoms with Crippen molar-refractivity contribution >= 4 is 26.9 Å². The van der Waals surface area contributed by atoms with Gasteiger partial charge in [-0.15, -0.1) is 11.3 Å². The largest absolute Gasteiger partial charge is 0.239 e. The van der Waals surface area contributed by atoms with Crippen LogP contribution in [0, 0.1) is 11.6 Å². The summed E-state index contributed by atoms with van der Waals surface area (Å²) in [5, 5.41) is 4.38. The van der Waals surface area contributed by atoms with Gasteiger partial charge in [-0.05, 0) is 17.7 Å². The fourth-order valence-electron chi connectivity index (χ4n) is 1.34. The van der Waals surface area contributed by atoms with Gasteiger partial charge in [0.05, 0.1) is 0 Å². The summed E-state index contributed by atoms with van der Waals surface area (Å²) in [7, 11) is -4.37. The van der Waals surface area contributed by atoms with Gasteiger partial charge >= 0.3 is 0 Å². The van der Waals surface area contributed by atoms with Crippen LogP contribution in [0.4, 0.5) is 14.5 Å². The van der Waals surface area contributed by atoms with Gasteiger partial charge in [-0.3, -0.25) is 0 Å². The molecule has 0 fully saturated rings. The Kier molecular flexibility index (Phi) is 3.47. The van der Waals surface area contributed by atoms with E-state index in [1.54, 1.807) is 0 Å². The summed E-state index contributed by atoms with van der Waals surface area (Å²) in [5.41, 5.74) is 7.82. The average Bonchev–Trinajstić information content (AvgIpc) is 2.81. The number of rotatable bonds is 3. The second kappa shape index (κ2) is 4.92. The van der Waals surface area contributed by atoms with E-state index in [4.69, 9.17) is 5.53 Å². The highest BCUT2D eigenvalue weighted by Crippen LogP contribution is 2.30. The topological polar surface area (TPSA) is 95.8 Å². The lowest BCUT2D eigenvalue weighted by Gasteiger charge is -2.05. The molecule has 1 aromatic heterocycles. The van der Waals surface area contributed by atoms with Gasteiger partial charge in [0.25, 0.3) is 0 Å². The van der Waals surface area contributed by atoms with Gasteiger partial charge in [0.1, 0.15) is 16.5 Å². The first-order valence-corrected chi connectivity index (χ1v) is 7.02. The summed E-state index contributed by atoms with van der Waals surface area (Å²) in [5.74, 6) is -2.67.